The van der Waals surface area contributed by atoms with Crippen LogP contribution in [0.25, 0.3) is 0 Å². The Morgan fingerprint density at radius 3 is 2.16 bits per heavy atom. The number of fused-ring (bicyclic) bond motifs is 1. The molecule has 168 valence electrons. The number of carboxylic acids is 1. The number of sulfonamides is 1. The molecule has 0 saturated carbocycles. The van der Waals surface area contributed by atoms with E-state index < -0.39 is 22.2 Å². The van der Waals surface area contributed by atoms with E-state index in [-0.39, 0.29) is 11.9 Å². The van der Waals surface area contributed by atoms with Crippen LogP contribution in [-0.2, 0) is 21.4 Å². The van der Waals surface area contributed by atoms with Gasteiger partial charge in [-0.15, -0.1) is 0 Å². The van der Waals surface area contributed by atoms with Crippen LogP contribution >= 0.6 is 0 Å². The minimum absolute atomic E-state index is 0.183. The highest BCUT2D eigenvalue weighted by molar-refractivity contribution is 7.89. The van der Waals surface area contributed by atoms with Crippen LogP contribution in [0.3, 0.4) is 0 Å². The molecule has 4 rings (SSSR count). The molecule has 0 radical (unpaired) electrons. The molecule has 0 amide bonds. The van der Waals surface area contributed by atoms with Crippen LogP contribution < -0.4 is 0 Å². The van der Waals surface area contributed by atoms with E-state index in [1.807, 2.05) is 12.1 Å². The number of nitrogens with zero attached hydrogens (tertiary/aromatic N) is 2. The number of hydrogen-bond donors (Lipinski definition) is 1. The molecule has 0 aliphatic carbocycles. The standard InChI is InChI=1S/C18H19FN2O2S.C2HF3O2/c19-17-9-5-4-6-14(17)10-20-11-15-12-21(13-18(15)20)24(22,23)16-7-2-1-3-8-16;3-2(4,5)1(6)7/h1-9,15,18H,10-13H2;(H,6,7). The summed E-state index contributed by atoms with van der Waals surface area (Å²) < 4.78 is 72.6. The molecule has 31 heavy (non-hydrogen) atoms. The monoisotopic (exact) mass is 460 g/mol. The maximum absolute atomic E-state index is 13.8. The summed E-state index contributed by atoms with van der Waals surface area (Å²) in [5.74, 6) is -2.62. The van der Waals surface area contributed by atoms with Crippen LogP contribution in [0.1, 0.15) is 5.56 Å². The minimum Gasteiger partial charge on any atom is -0.475 e. The molecule has 2 fully saturated rings. The van der Waals surface area contributed by atoms with Gasteiger partial charge in [-0.1, -0.05) is 36.4 Å². The average Bonchev–Trinajstić information content (AvgIpc) is 3.05. The molecule has 2 aliphatic heterocycles. The Morgan fingerprint density at radius 1 is 1.00 bits per heavy atom. The lowest BCUT2D eigenvalue weighted by atomic mass is 9.91. The molecule has 0 spiro atoms. The van der Waals surface area contributed by atoms with Crippen LogP contribution in [0.5, 0.6) is 0 Å². The first-order chi connectivity index (χ1) is 14.5. The Kier molecular flexibility index (Phi) is 6.68. The zero-order chi connectivity index (χ0) is 22.8. The molecule has 2 atom stereocenters. The van der Waals surface area contributed by atoms with Gasteiger partial charge in [0.2, 0.25) is 10.0 Å². The molecule has 2 aromatic carbocycles. The van der Waals surface area contributed by atoms with Gasteiger partial charge in [0.1, 0.15) is 5.82 Å². The largest absolute Gasteiger partial charge is 0.490 e. The third-order valence-corrected chi connectivity index (χ3v) is 7.11. The summed E-state index contributed by atoms with van der Waals surface area (Å²) in [6.07, 6.45) is -5.08. The number of rotatable bonds is 4. The van der Waals surface area contributed by atoms with E-state index in [1.54, 1.807) is 40.7 Å². The summed E-state index contributed by atoms with van der Waals surface area (Å²) in [5, 5.41) is 7.12. The van der Waals surface area contributed by atoms with Crippen LogP contribution in [0.15, 0.2) is 59.5 Å². The fraction of sp³-hybridized carbons (Fsp3) is 0.350. The molecule has 2 saturated heterocycles. The van der Waals surface area contributed by atoms with Crippen molar-refractivity contribution in [2.75, 3.05) is 19.6 Å². The normalized spacial score (nSPS) is 21.5. The van der Waals surface area contributed by atoms with Crippen LogP contribution in [0.4, 0.5) is 17.6 Å². The fourth-order valence-corrected chi connectivity index (χ4v) is 5.21. The summed E-state index contributed by atoms with van der Waals surface area (Å²) in [7, 11) is -3.44. The van der Waals surface area contributed by atoms with Crippen molar-refractivity contribution in [3.8, 4) is 0 Å². The Labute approximate surface area is 176 Å². The van der Waals surface area contributed by atoms with Gasteiger partial charge in [-0.25, -0.2) is 17.6 Å². The highest BCUT2D eigenvalue weighted by atomic mass is 32.2. The number of carboxylic acid groups (broad SMARTS) is 1. The quantitative estimate of drug-likeness (QED) is 0.710. The summed E-state index contributed by atoms with van der Waals surface area (Å²) in [6, 6.07) is 15.5. The van der Waals surface area contributed by atoms with Gasteiger partial charge in [0.25, 0.3) is 0 Å². The van der Waals surface area contributed by atoms with Crippen molar-refractivity contribution in [2.45, 2.75) is 23.7 Å². The second kappa shape index (κ2) is 8.93. The van der Waals surface area contributed by atoms with E-state index in [4.69, 9.17) is 9.90 Å². The Balaban J connectivity index is 0.000000339. The predicted molar refractivity (Wildman–Crippen MR) is 103 cm³/mol. The van der Waals surface area contributed by atoms with Crippen LogP contribution in [0.2, 0.25) is 0 Å². The zero-order valence-corrected chi connectivity index (χ0v) is 17.0. The molecule has 0 bridgehead atoms. The third-order valence-electron chi connectivity index (χ3n) is 5.27. The van der Waals surface area contributed by atoms with Crippen molar-refractivity contribution >= 4 is 16.0 Å². The average molecular weight is 460 g/mol. The van der Waals surface area contributed by atoms with Crippen molar-refractivity contribution in [3.05, 3.63) is 66.0 Å². The first-order valence-corrected chi connectivity index (χ1v) is 10.8. The molecule has 2 aliphatic rings. The van der Waals surface area contributed by atoms with Gasteiger partial charge in [0.05, 0.1) is 4.90 Å². The molecule has 2 aromatic rings. The molecule has 6 nitrogen and oxygen atoms in total. The number of aliphatic carboxylic acids is 1. The van der Waals surface area contributed by atoms with Gasteiger partial charge in [-0.3, -0.25) is 4.90 Å². The molecule has 11 heteroatoms. The number of halogens is 4. The van der Waals surface area contributed by atoms with Crippen molar-refractivity contribution in [1.29, 1.82) is 0 Å². The molecule has 1 N–H and O–H groups in total. The highest BCUT2D eigenvalue weighted by Gasteiger charge is 2.48. The summed E-state index contributed by atoms with van der Waals surface area (Å²) in [4.78, 5) is 11.4. The SMILES string of the molecule is O=C(O)C(F)(F)F.O=S(=O)(c1ccccc1)N1CC2CN(Cc3ccccc3F)C2C1. The molecular weight excluding hydrogens is 440 g/mol. The lowest BCUT2D eigenvalue weighted by Gasteiger charge is -2.43. The fourth-order valence-electron chi connectivity index (χ4n) is 3.67. The smallest absolute Gasteiger partial charge is 0.475 e. The van der Waals surface area contributed by atoms with Gasteiger partial charge in [0, 0.05) is 43.7 Å². The Bertz CT molecular complexity index is 1030. The van der Waals surface area contributed by atoms with E-state index in [1.165, 1.54) is 6.07 Å². The van der Waals surface area contributed by atoms with Gasteiger partial charge in [0.15, 0.2) is 0 Å². The second-order valence-electron chi connectivity index (χ2n) is 7.29. The first kappa shape index (κ1) is 23.2. The number of alkyl halides is 3. The van der Waals surface area contributed by atoms with Gasteiger partial charge in [-0.05, 0) is 18.2 Å². The third kappa shape index (κ3) is 5.23. The maximum atomic E-state index is 13.8. The summed E-state index contributed by atoms with van der Waals surface area (Å²) in [6.45, 7) is 2.39. The van der Waals surface area contributed by atoms with Crippen molar-refractivity contribution in [3.63, 3.8) is 0 Å². The zero-order valence-electron chi connectivity index (χ0n) is 16.2. The van der Waals surface area contributed by atoms with E-state index in [9.17, 15) is 26.0 Å². The number of carbonyl (C=O) groups is 1. The first-order valence-electron chi connectivity index (χ1n) is 9.33. The van der Waals surface area contributed by atoms with Crippen molar-refractivity contribution in [1.82, 2.24) is 9.21 Å². The Morgan fingerprint density at radius 2 is 1.58 bits per heavy atom. The lowest BCUT2D eigenvalue weighted by molar-refractivity contribution is -0.192. The molecule has 2 unspecified atom stereocenters. The van der Waals surface area contributed by atoms with Crippen molar-refractivity contribution < 1.29 is 35.9 Å². The number of hydrogen-bond acceptors (Lipinski definition) is 4. The summed E-state index contributed by atoms with van der Waals surface area (Å²) in [5.41, 5.74) is 0.667. The highest BCUT2D eigenvalue weighted by Crippen LogP contribution is 2.36. The molecular formula is C20H20F4N2O4S. The number of likely N-dealkylation sites (tertiary alicyclic amines) is 1. The van der Waals surface area contributed by atoms with E-state index in [0.29, 0.717) is 36.0 Å². The van der Waals surface area contributed by atoms with Crippen LogP contribution in [0, 0.1) is 11.7 Å². The predicted octanol–water partition coefficient (Wildman–Crippen LogP) is 2.96. The Hall–Kier alpha value is -2.50. The van der Waals surface area contributed by atoms with Gasteiger partial charge in [-0.2, -0.15) is 17.5 Å². The molecule has 2 heterocycles. The topological polar surface area (TPSA) is 77.9 Å². The van der Waals surface area contributed by atoms with E-state index in [0.717, 1.165) is 6.54 Å². The van der Waals surface area contributed by atoms with Crippen LogP contribution in [-0.4, -0.2) is 60.6 Å². The van der Waals surface area contributed by atoms with Gasteiger partial charge < -0.3 is 5.11 Å². The van der Waals surface area contributed by atoms with E-state index >= 15 is 0 Å². The maximum Gasteiger partial charge on any atom is 0.490 e. The minimum atomic E-state index is -5.08. The lowest BCUT2D eigenvalue weighted by Crippen LogP contribution is -2.54. The molecule has 0 aromatic heterocycles. The van der Waals surface area contributed by atoms with E-state index in [2.05, 4.69) is 4.90 Å². The summed E-state index contributed by atoms with van der Waals surface area (Å²) >= 11 is 0. The number of benzene rings is 2. The second-order valence-corrected chi connectivity index (χ2v) is 9.22. The van der Waals surface area contributed by atoms with Gasteiger partial charge >= 0.3 is 12.1 Å². The van der Waals surface area contributed by atoms with Crippen molar-refractivity contribution in [2.24, 2.45) is 5.92 Å².